The second kappa shape index (κ2) is 7.72. The molecule has 0 saturated heterocycles. The summed E-state index contributed by atoms with van der Waals surface area (Å²) in [5.41, 5.74) is 1.64. The highest BCUT2D eigenvalue weighted by molar-refractivity contribution is 7.13. The highest BCUT2D eigenvalue weighted by Crippen LogP contribution is 2.23. The zero-order chi connectivity index (χ0) is 17.8. The molecule has 0 atom stereocenters. The average Bonchev–Trinajstić information content (AvgIpc) is 3.23. The van der Waals surface area contributed by atoms with Crippen molar-refractivity contribution in [3.8, 4) is 5.75 Å². The lowest BCUT2D eigenvalue weighted by molar-refractivity contribution is 0.0951. The van der Waals surface area contributed by atoms with Crippen molar-refractivity contribution in [3.05, 3.63) is 68.5 Å². The lowest BCUT2D eigenvalue weighted by Gasteiger charge is -2.05. The summed E-state index contributed by atoms with van der Waals surface area (Å²) in [7, 11) is 0. The van der Waals surface area contributed by atoms with Gasteiger partial charge in [-0.05, 0) is 49.7 Å². The topological polar surface area (TPSA) is 64.4 Å². The van der Waals surface area contributed by atoms with Gasteiger partial charge in [-0.25, -0.2) is 4.98 Å². The van der Waals surface area contributed by atoms with Crippen molar-refractivity contribution >= 4 is 28.8 Å². The van der Waals surface area contributed by atoms with E-state index in [-0.39, 0.29) is 5.91 Å². The minimum absolute atomic E-state index is 0.167. The Labute approximate surface area is 154 Å². The van der Waals surface area contributed by atoms with Crippen molar-refractivity contribution in [2.24, 2.45) is 0 Å². The van der Waals surface area contributed by atoms with Crippen molar-refractivity contribution in [3.63, 3.8) is 0 Å². The van der Waals surface area contributed by atoms with Gasteiger partial charge in [0.25, 0.3) is 5.91 Å². The summed E-state index contributed by atoms with van der Waals surface area (Å²) < 4.78 is 10.9. The summed E-state index contributed by atoms with van der Waals surface area (Å²) in [6, 6.07) is 9.08. The quantitative estimate of drug-likeness (QED) is 0.687. The number of rotatable bonds is 6. The van der Waals surface area contributed by atoms with E-state index in [1.807, 2.05) is 32.0 Å². The van der Waals surface area contributed by atoms with E-state index < -0.39 is 0 Å². The number of nitrogens with zero attached hydrogens (tertiary/aromatic N) is 1. The van der Waals surface area contributed by atoms with Crippen LogP contribution in [0.5, 0.6) is 5.75 Å². The largest absolute Gasteiger partial charge is 0.486 e. The van der Waals surface area contributed by atoms with Crippen LogP contribution in [0.25, 0.3) is 0 Å². The van der Waals surface area contributed by atoms with Gasteiger partial charge in [0.15, 0.2) is 0 Å². The van der Waals surface area contributed by atoms with Crippen LogP contribution in [0.3, 0.4) is 0 Å². The Morgan fingerprint density at radius 1 is 1.36 bits per heavy atom. The molecule has 0 spiro atoms. The van der Waals surface area contributed by atoms with E-state index >= 15 is 0 Å². The number of benzene rings is 1. The number of nitrogens with one attached hydrogen (secondary N) is 1. The standard InChI is InChI=1S/C18H17ClN2O3S/c1-11-8-13(5-6-15(11)19)24-10-16-21-12(2)17(25-16)18(22)20-9-14-4-3-7-23-14/h3-8H,9-10H2,1-2H3,(H,20,22). The number of carbonyl (C=O) groups is 1. The van der Waals surface area contributed by atoms with Crippen LogP contribution in [0, 0.1) is 13.8 Å². The van der Waals surface area contributed by atoms with Gasteiger partial charge in [0.1, 0.15) is 28.0 Å². The second-order valence-electron chi connectivity index (χ2n) is 5.48. The molecular weight excluding hydrogens is 360 g/mol. The molecule has 3 aromatic rings. The zero-order valence-corrected chi connectivity index (χ0v) is 15.4. The Bertz CT molecular complexity index is 875. The molecule has 0 saturated carbocycles. The molecule has 7 heteroatoms. The first kappa shape index (κ1) is 17.5. The highest BCUT2D eigenvalue weighted by atomic mass is 35.5. The van der Waals surface area contributed by atoms with Crippen LogP contribution in [-0.4, -0.2) is 10.9 Å². The normalized spacial score (nSPS) is 10.7. The molecule has 2 heterocycles. The number of amides is 1. The van der Waals surface area contributed by atoms with E-state index in [1.165, 1.54) is 11.3 Å². The summed E-state index contributed by atoms with van der Waals surface area (Å²) >= 11 is 7.33. The predicted molar refractivity (Wildman–Crippen MR) is 97.3 cm³/mol. The molecule has 0 aliphatic carbocycles. The molecule has 1 amide bonds. The SMILES string of the molecule is Cc1cc(OCc2nc(C)c(C(=O)NCc3ccco3)s2)ccc1Cl. The van der Waals surface area contributed by atoms with Gasteiger partial charge in [-0.1, -0.05) is 11.6 Å². The van der Waals surface area contributed by atoms with Gasteiger partial charge in [-0.3, -0.25) is 4.79 Å². The summed E-state index contributed by atoms with van der Waals surface area (Å²) in [6.45, 7) is 4.38. The number of ether oxygens (including phenoxy) is 1. The molecule has 0 fully saturated rings. The molecule has 2 aromatic heterocycles. The summed E-state index contributed by atoms with van der Waals surface area (Å²) in [5.74, 6) is 1.26. The maximum Gasteiger partial charge on any atom is 0.263 e. The van der Waals surface area contributed by atoms with Crippen molar-refractivity contribution < 1.29 is 13.9 Å². The molecule has 1 N–H and O–H groups in total. The number of thiazole rings is 1. The van der Waals surface area contributed by atoms with Crippen LogP contribution >= 0.6 is 22.9 Å². The van der Waals surface area contributed by atoms with Crippen LogP contribution < -0.4 is 10.1 Å². The van der Waals surface area contributed by atoms with Crippen LogP contribution in [0.15, 0.2) is 41.0 Å². The molecule has 130 valence electrons. The molecule has 0 aliphatic rings. The average molecular weight is 377 g/mol. The van der Waals surface area contributed by atoms with Gasteiger partial charge in [0.2, 0.25) is 0 Å². The third-order valence-corrected chi connectivity index (χ3v) is 5.10. The van der Waals surface area contributed by atoms with Crippen LogP contribution in [-0.2, 0) is 13.2 Å². The van der Waals surface area contributed by atoms with Crippen molar-refractivity contribution in [2.45, 2.75) is 27.0 Å². The maximum absolute atomic E-state index is 12.3. The first-order chi connectivity index (χ1) is 12.0. The van der Waals surface area contributed by atoms with Gasteiger partial charge in [-0.15, -0.1) is 11.3 Å². The first-order valence-corrected chi connectivity index (χ1v) is 8.88. The van der Waals surface area contributed by atoms with Gasteiger partial charge in [0.05, 0.1) is 18.5 Å². The number of hydrogen-bond acceptors (Lipinski definition) is 5. The molecule has 0 aliphatic heterocycles. The minimum atomic E-state index is -0.167. The fourth-order valence-corrected chi connectivity index (χ4v) is 3.25. The lowest BCUT2D eigenvalue weighted by atomic mass is 10.2. The highest BCUT2D eigenvalue weighted by Gasteiger charge is 2.16. The van der Waals surface area contributed by atoms with Gasteiger partial charge >= 0.3 is 0 Å². The van der Waals surface area contributed by atoms with E-state index in [1.54, 1.807) is 18.4 Å². The number of carbonyl (C=O) groups excluding carboxylic acids is 1. The van der Waals surface area contributed by atoms with E-state index in [4.69, 9.17) is 20.8 Å². The Kier molecular flexibility index (Phi) is 5.40. The molecule has 5 nitrogen and oxygen atoms in total. The maximum atomic E-state index is 12.3. The summed E-state index contributed by atoms with van der Waals surface area (Å²) in [6.07, 6.45) is 1.58. The fourth-order valence-electron chi connectivity index (χ4n) is 2.24. The van der Waals surface area contributed by atoms with Gasteiger partial charge in [-0.2, -0.15) is 0 Å². The Morgan fingerprint density at radius 2 is 2.20 bits per heavy atom. The Morgan fingerprint density at radius 3 is 2.92 bits per heavy atom. The Hall–Kier alpha value is -2.31. The number of furan rings is 1. The van der Waals surface area contributed by atoms with Crippen molar-refractivity contribution in [1.29, 1.82) is 0 Å². The van der Waals surface area contributed by atoms with Crippen LogP contribution in [0.2, 0.25) is 5.02 Å². The third-order valence-electron chi connectivity index (χ3n) is 3.54. The second-order valence-corrected chi connectivity index (χ2v) is 6.97. The molecule has 0 bridgehead atoms. The molecule has 3 rings (SSSR count). The molecular formula is C18H17ClN2O3S. The Balaban J connectivity index is 1.61. The van der Waals surface area contributed by atoms with Crippen molar-refractivity contribution in [1.82, 2.24) is 10.3 Å². The third kappa shape index (κ3) is 4.41. The molecule has 0 unspecified atom stereocenters. The van der Waals surface area contributed by atoms with E-state index in [2.05, 4.69) is 10.3 Å². The smallest absolute Gasteiger partial charge is 0.263 e. The molecule has 1 aromatic carbocycles. The van der Waals surface area contributed by atoms with Crippen LogP contribution in [0.4, 0.5) is 0 Å². The lowest BCUT2D eigenvalue weighted by Crippen LogP contribution is -2.22. The van der Waals surface area contributed by atoms with E-state index in [0.29, 0.717) is 34.5 Å². The predicted octanol–water partition coefficient (Wildman–Crippen LogP) is 4.52. The first-order valence-electron chi connectivity index (χ1n) is 7.69. The fraction of sp³-hybridized carbons (Fsp3) is 0.222. The number of aromatic nitrogens is 1. The van der Waals surface area contributed by atoms with Crippen LogP contribution in [0.1, 0.15) is 31.7 Å². The van der Waals surface area contributed by atoms with Gasteiger partial charge in [0, 0.05) is 5.02 Å². The monoisotopic (exact) mass is 376 g/mol. The number of aryl methyl sites for hydroxylation is 2. The van der Waals surface area contributed by atoms with E-state index in [9.17, 15) is 4.79 Å². The zero-order valence-electron chi connectivity index (χ0n) is 13.8. The summed E-state index contributed by atoms with van der Waals surface area (Å²) in [4.78, 5) is 17.3. The number of halogens is 1. The van der Waals surface area contributed by atoms with Crippen molar-refractivity contribution in [2.75, 3.05) is 0 Å². The minimum Gasteiger partial charge on any atom is -0.486 e. The van der Waals surface area contributed by atoms with E-state index in [0.717, 1.165) is 16.3 Å². The number of hydrogen-bond donors (Lipinski definition) is 1. The molecule has 0 radical (unpaired) electrons. The van der Waals surface area contributed by atoms with Gasteiger partial charge < -0.3 is 14.5 Å². The molecule has 25 heavy (non-hydrogen) atoms. The summed E-state index contributed by atoms with van der Waals surface area (Å²) in [5, 5.41) is 4.27.